The number of aryl methyl sites for hydroxylation is 2. The fourth-order valence-electron chi connectivity index (χ4n) is 3.98. The molecule has 0 fully saturated rings. The van der Waals surface area contributed by atoms with Crippen LogP contribution in [0.1, 0.15) is 37.6 Å². The van der Waals surface area contributed by atoms with Gasteiger partial charge in [-0.25, -0.2) is 4.98 Å². The predicted molar refractivity (Wildman–Crippen MR) is 133 cm³/mol. The van der Waals surface area contributed by atoms with Crippen molar-refractivity contribution in [1.82, 2.24) is 9.55 Å². The standard InChI is InChI=1S/C25H21N3O3S2/c1-28-24(31)21-18-8-5-9-20(18)33-23(21)27-25(28)32-14-19(29)15-10-12-17(13-11-15)26-22(30)16-6-3-2-4-7-16/h2-4,6-7,10-13H,5,8-9,14H2,1H3,(H,26,30). The van der Waals surface area contributed by atoms with Crippen molar-refractivity contribution in [2.45, 2.75) is 24.4 Å². The monoisotopic (exact) mass is 475 g/mol. The number of hydrogen-bond donors (Lipinski definition) is 1. The van der Waals surface area contributed by atoms with E-state index in [2.05, 4.69) is 10.3 Å². The highest BCUT2D eigenvalue weighted by Gasteiger charge is 2.22. The molecule has 8 heteroatoms. The maximum absolute atomic E-state index is 12.9. The molecule has 5 rings (SSSR count). The summed E-state index contributed by atoms with van der Waals surface area (Å²) in [7, 11) is 1.71. The van der Waals surface area contributed by atoms with E-state index >= 15 is 0 Å². The second-order valence-electron chi connectivity index (χ2n) is 7.91. The van der Waals surface area contributed by atoms with Crippen molar-refractivity contribution in [2.75, 3.05) is 11.1 Å². The minimum absolute atomic E-state index is 0.0344. The number of nitrogens with one attached hydrogen (secondary N) is 1. The molecule has 0 saturated heterocycles. The number of hydrogen-bond acceptors (Lipinski definition) is 6. The molecule has 1 N–H and O–H groups in total. The highest BCUT2D eigenvalue weighted by atomic mass is 32.2. The summed E-state index contributed by atoms with van der Waals surface area (Å²) in [5.41, 5.74) is 2.86. The van der Waals surface area contributed by atoms with Crippen molar-refractivity contribution in [3.8, 4) is 0 Å². The number of benzene rings is 2. The first kappa shape index (κ1) is 21.6. The molecule has 0 atom stereocenters. The zero-order valence-corrected chi connectivity index (χ0v) is 19.6. The Morgan fingerprint density at radius 1 is 1.06 bits per heavy atom. The van der Waals surface area contributed by atoms with Crippen molar-refractivity contribution >= 4 is 50.7 Å². The van der Waals surface area contributed by atoms with E-state index in [1.165, 1.54) is 16.6 Å². The van der Waals surface area contributed by atoms with E-state index < -0.39 is 0 Å². The van der Waals surface area contributed by atoms with E-state index in [9.17, 15) is 14.4 Å². The molecule has 6 nitrogen and oxygen atoms in total. The van der Waals surface area contributed by atoms with Gasteiger partial charge in [-0.3, -0.25) is 19.0 Å². The summed E-state index contributed by atoms with van der Waals surface area (Å²) in [6, 6.07) is 15.8. The SMILES string of the molecule is Cn1c(SCC(=O)c2ccc(NC(=O)c3ccccc3)cc2)nc2sc3c(c2c1=O)CCC3. The van der Waals surface area contributed by atoms with E-state index in [0.717, 1.165) is 35.0 Å². The van der Waals surface area contributed by atoms with E-state index in [1.54, 1.807) is 59.3 Å². The first-order chi connectivity index (χ1) is 16.0. The van der Waals surface area contributed by atoms with Crippen molar-refractivity contribution < 1.29 is 9.59 Å². The second-order valence-corrected chi connectivity index (χ2v) is 9.93. The van der Waals surface area contributed by atoms with Gasteiger partial charge in [0.25, 0.3) is 11.5 Å². The average molecular weight is 476 g/mol. The van der Waals surface area contributed by atoms with E-state index in [1.807, 2.05) is 18.2 Å². The van der Waals surface area contributed by atoms with Gasteiger partial charge in [-0.1, -0.05) is 30.0 Å². The topological polar surface area (TPSA) is 81.1 Å². The maximum atomic E-state index is 12.9. The van der Waals surface area contributed by atoms with Crippen LogP contribution in [0, 0.1) is 0 Å². The largest absolute Gasteiger partial charge is 0.322 e. The van der Waals surface area contributed by atoms with E-state index in [0.29, 0.717) is 22.0 Å². The average Bonchev–Trinajstić information content (AvgIpc) is 3.42. The quantitative estimate of drug-likeness (QED) is 0.248. The van der Waals surface area contributed by atoms with Crippen LogP contribution in [-0.4, -0.2) is 27.0 Å². The number of Topliss-reactive ketones (excluding diaryl/α,β-unsaturated/α-hetero) is 1. The Morgan fingerprint density at radius 3 is 2.58 bits per heavy atom. The van der Waals surface area contributed by atoms with Gasteiger partial charge in [0.2, 0.25) is 0 Å². The van der Waals surface area contributed by atoms with Gasteiger partial charge < -0.3 is 5.32 Å². The number of amides is 1. The van der Waals surface area contributed by atoms with Gasteiger partial charge in [-0.05, 0) is 61.2 Å². The zero-order chi connectivity index (χ0) is 22.9. The fraction of sp³-hybridized carbons (Fsp3) is 0.200. The van der Waals surface area contributed by atoms with Crippen molar-refractivity contribution in [3.05, 3.63) is 86.5 Å². The molecule has 0 spiro atoms. The first-order valence-corrected chi connectivity index (χ1v) is 12.4. The fourth-order valence-corrected chi connectivity index (χ4v) is 6.15. The lowest BCUT2D eigenvalue weighted by atomic mass is 10.1. The molecule has 4 aromatic rings. The number of carbonyl (C=O) groups is 2. The molecular formula is C25H21N3O3S2. The van der Waals surface area contributed by atoms with Crippen LogP contribution < -0.4 is 10.9 Å². The van der Waals surface area contributed by atoms with E-state index in [4.69, 9.17) is 0 Å². The predicted octanol–water partition coefficient (Wildman–Crippen LogP) is 4.71. The lowest BCUT2D eigenvalue weighted by Crippen LogP contribution is -2.20. The van der Waals surface area contributed by atoms with E-state index in [-0.39, 0.29) is 23.0 Å². The Bertz CT molecular complexity index is 1420. The van der Waals surface area contributed by atoms with Gasteiger partial charge in [0.05, 0.1) is 11.1 Å². The summed E-state index contributed by atoms with van der Waals surface area (Å²) in [5, 5.41) is 4.12. The minimum atomic E-state index is -0.202. The molecule has 1 aliphatic rings. The van der Waals surface area contributed by atoms with Gasteiger partial charge in [-0.15, -0.1) is 11.3 Å². The minimum Gasteiger partial charge on any atom is -0.322 e. The van der Waals surface area contributed by atoms with Crippen molar-refractivity contribution in [2.24, 2.45) is 7.05 Å². The van der Waals surface area contributed by atoms with Crippen molar-refractivity contribution in [1.29, 1.82) is 0 Å². The summed E-state index contributed by atoms with van der Waals surface area (Å²) in [6.45, 7) is 0. The zero-order valence-electron chi connectivity index (χ0n) is 18.0. The summed E-state index contributed by atoms with van der Waals surface area (Å²) >= 11 is 2.87. The second kappa shape index (κ2) is 8.96. The Kier molecular flexibility index (Phi) is 5.86. The highest BCUT2D eigenvalue weighted by Crippen LogP contribution is 2.35. The summed E-state index contributed by atoms with van der Waals surface area (Å²) in [5.74, 6) is -0.0943. The third-order valence-corrected chi connectivity index (χ3v) is 7.95. The molecule has 166 valence electrons. The van der Waals surface area contributed by atoms with Crippen LogP contribution in [0.15, 0.2) is 64.5 Å². The number of fused-ring (bicyclic) bond motifs is 3. The Labute approximate surface area is 198 Å². The number of thiophene rings is 1. The number of aromatic nitrogens is 2. The summed E-state index contributed by atoms with van der Waals surface area (Å²) in [6.07, 6.45) is 3.06. The van der Waals surface area contributed by atoms with Crippen LogP contribution in [0.25, 0.3) is 10.2 Å². The van der Waals surface area contributed by atoms with Crippen LogP contribution in [-0.2, 0) is 19.9 Å². The van der Waals surface area contributed by atoms with Crippen molar-refractivity contribution in [3.63, 3.8) is 0 Å². The number of anilines is 1. The van der Waals surface area contributed by atoms with Crippen LogP contribution in [0.5, 0.6) is 0 Å². The maximum Gasteiger partial charge on any atom is 0.262 e. The number of thioether (sulfide) groups is 1. The van der Waals surface area contributed by atoms with Crippen LogP contribution in [0.4, 0.5) is 5.69 Å². The Morgan fingerprint density at radius 2 is 1.82 bits per heavy atom. The molecule has 1 aliphatic carbocycles. The van der Waals surface area contributed by atoms with Gasteiger partial charge in [0, 0.05) is 28.7 Å². The summed E-state index contributed by atoms with van der Waals surface area (Å²) < 4.78 is 1.55. The third-order valence-electron chi connectivity index (χ3n) is 5.74. The Balaban J connectivity index is 1.27. The van der Waals surface area contributed by atoms with Crippen LogP contribution in [0.2, 0.25) is 0 Å². The molecule has 2 aromatic carbocycles. The van der Waals surface area contributed by atoms with Gasteiger partial charge in [0.15, 0.2) is 10.9 Å². The molecule has 2 heterocycles. The molecule has 0 saturated carbocycles. The third kappa shape index (κ3) is 4.24. The Hall–Kier alpha value is -3.23. The normalized spacial score (nSPS) is 12.6. The summed E-state index contributed by atoms with van der Waals surface area (Å²) in [4.78, 5) is 44.6. The molecule has 0 radical (unpaired) electrons. The number of ketones is 1. The lowest BCUT2D eigenvalue weighted by molar-refractivity contribution is 0.101. The molecular weight excluding hydrogens is 454 g/mol. The molecule has 2 aromatic heterocycles. The molecule has 0 bridgehead atoms. The van der Waals surface area contributed by atoms with Gasteiger partial charge >= 0.3 is 0 Å². The highest BCUT2D eigenvalue weighted by molar-refractivity contribution is 7.99. The number of nitrogens with zero attached hydrogens (tertiary/aromatic N) is 2. The molecule has 1 amide bonds. The van der Waals surface area contributed by atoms with Gasteiger partial charge in [-0.2, -0.15) is 0 Å². The number of rotatable bonds is 6. The van der Waals surface area contributed by atoms with Crippen LogP contribution in [0.3, 0.4) is 0 Å². The molecule has 0 aliphatic heterocycles. The number of carbonyl (C=O) groups excluding carboxylic acids is 2. The smallest absolute Gasteiger partial charge is 0.262 e. The first-order valence-electron chi connectivity index (χ1n) is 10.6. The lowest BCUT2D eigenvalue weighted by Gasteiger charge is -2.08. The van der Waals surface area contributed by atoms with Gasteiger partial charge in [0.1, 0.15) is 4.83 Å². The van der Waals surface area contributed by atoms with Crippen LogP contribution >= 0.6 is 23.1 Å². The molecule has 33 heavy (non-hydrogen) atoms. The molecule has 0 unspecified atom stereocenters.